The van der Waals surface area contributed by atoms with E-state index in [1.807, 2.05) is 18.2 Å². The van der Waals surface area contributed by atoms with Crippen molar-refractivity contribution in [3.8, 4) is 11.5 Å². The second kappa shape index (κ2) is 9.89. The number of nitrogens with one attached hydrogen (secondary N) is 2. The van der Waals surface area contributed by atoms with Crippen LogP contribution in [0.15, 0.2) is 30.6 Å². The highest BCUT2D eigenvalue weighted by Gasteiger charge is 2.17. The zero-order valence-electron chi connectivity index (χ0n) is 16.2. The number of nitrogens with zero attached hydrogens (tertiary/aromatic N) is 2. The maximum Gasteiger partial charge on any atom is 0.254 e. The summed E-state index contributed by atoms with van der Waals surface area (Å²) in [6, 6.07) is 5.82. The van der Waals surface area contributed by atoms with E-state index in [1.54, 1.807) is 14.2 Å². The van der Waals surface area contributed by atoms with Crippen LogP contribution in [0.2, 0.25) is 0 Å². The van der Waals surface area contributed by atoms with Gasteiger partial charge in [-0.3, -0.25) is 4.79 Å². The zero-order valence-corrected chi connectivity index (χ0v) is 16.2. The van der Waals surface area contributed by atoms with Crippen LogP contribution in [0.5, 0.6) is 11.5 Å². The maximum atomic E-state index is 12.1. The quantitative estimate of drug-likeness (QED) is 0.681. The van der Waals surface area contributed by atoms with Crippen LogP contribution >= 0.6 is 0 Å². The Labute approximate surface area is 164 Å². The van der Waals surface area contributed by atoms with E-state index in [2.05, 4.69) is 20.6 Å². The molecule has 0 aliphatic carbocycles. The number of hydrogen-bond acceptors (Lipinski definition) is 7. The summed E-state index contributed by atoms with van der Waals surface area (Å²) in [6.45, 7) is 1.94. The fourth-order valence-electron chi connectivity index (χ4n) is 3.01. The molecule has 1 fully saturated rings. The van der Waals surface area contributed by atoms with Crippen LogP contribution in [0.1, 0.15) is 28.8 Å². The molecular weight excluding hydrogens is 360 g/mol. The van der Waals surface area contributed by atoms with Gasteiger partial charge >= 0.3 is 0 Å². The predicted octanol–water partition coefficient (Wildman–Crippen LogP) is 2.06. The van der Waals surface area contributed by atoms with Crippen molar-refractivity contribution in [2.75, 3.05) is 39.2 Å². The van der Waals surface area contributed by atoms with E-state index in [-0.39, 0.29) is 12.0 Å². The number of rotatable bonds is 9. The molecule has 1 amide bonds. The molecule has 1 aromatic carbocycles. The van der Waals surface area contributed by atoms with Crippen LogP contribution in [-0.4, -0.2) is 55.9 Å². The molecule has 2 heterocycles. The van der Waals surface area contributed by atoms with Crippen LogP contribution in [0.3, 0.4) is 0 Å². The number of methoxy groups -OCH3 is 2. The second-order valence-corrected chi connectivity index (χ2v) is 6.51. The molecule has 0 radical (unpaired) electrons. The standard InChI is InChI=1S/C20H26N4O4/c1-26-17-6-5-14(10-18(17)27-2)7-8-21-20-23-11-15(12-24-20)19(25)22-13-16-4-3-9-28-16/h5-6,10-12,16H,3-4,7-9,13H2,1-2H3,(H,22,25)(H,21,23,24). The first-order valence-electron chi connectivity index (χ1n) is 9.36. The van der Waals surface area contributed by atoms with Crippen LogP contribution in [0.25, 0.3) is 0 Å². The minimum absolute atomic E-state index is 0.113. The van der Waals surface area contributed by atoms with Gasteiger partial charge in [0.05, 0.1) is 25.9 Å². The molecule has 1 aliphatic heterocycles. The van der Waals surface area contributed by atoms with Gasteiger partial charge in [0.2, 0.25) is 5.95 Å². The number of carbonyl (C=O) groups excluding carboxylic acids is 1. The van der Waals surface area contributed by atoms with Crippen LogP contribution in [0, 0.1) is 0 Å². The molecule has 150 valence electrons. The molecule has 1 saturated heterocycles. The fourth-order valence-corrected chi connectivity index (χ4v) is 3.01. The topological polar surface area (TPSA) is 94.6 Å². The van der Waals surface area contributed by atoms with Crippen molar-refractivity contribution in [3.05, 3.63) is 41.7 Å². The molecule has 2 aromatic rings. The van der Waals surface area contributed by atoms with Gasteiger partial charge in [0.15, 0.2) is 11.5 Å². The van der Waals surface area contributed by atoms with Gasteiger partial charge in [-0.15, -0.1) is 0 Å². The zero-order chi connectivity index (χ0) is 19.8. The van der Waals surface area contributed by atoms with Gasteiger partial charge in [0, 0.05) is 32.1 Å². The van der Waals surface area contributed by atoms with Gasteiger partial charge in [-0.05, 0) is 37.0 Å². The lowest BCUT2D eigenvalue weighted by atomic mass is 10.1. The summed E-state index contributed by atoms with van der Waals surface area (Å²) in [6.07, 6.45) is 5.97. The summed E-state index contributed by atoms with van der Waals surface area (Å²) in [7, 11) is 3.23. The van der Waals surface area contributed by atoms with Crippen molar-refractivity contribution in [1.29, 1.82) is 0 Å². The van der Waals surface area contributed by atoms with Gasteiger partial charge in [-0.2, -0.15) is 0 Å². The minimum atomic E-state index is -0.188. The Morgan fingerprint density at radius 2 is 2.00 bits per heavy atom. The third-order valence-electron chi connectivity index (χ3n) is 4.57. The molecule has 1 aliphatic rings. The Bertz CT molecular complexity index is 776. The van der Waals surface area contributed by atoms with Crippen molar-refractivity contribution < 1.29 is 19.0 Å². The van der Waals surface area contributed by atoms with Gasteiger partial charge in [-0.1, -0.05) is 6.07 Å². The molecule has 28 heavy (non-hydrogen) atoms. The molecule has 1 atom stereocenters. The molecule has 1 unspecified atom stereocenters. The Kier molecular flexibility index (Phi) is 7.02. The summed E-state index contributed by atoms with van der Waals surface area (Å²) in [4.78, 5) is 20.6. The average molecular weight is 386 g/mol. The van der Waals surface area contributed by atoms with Gasteiger partial charge in [0.1, 0.15) is 0 Å². The van der Waals surface area contributed by atoms with E-state index < -0.39 is 0 Å². The lowest BCUT2D eigenvalue weighted by Gasteiger charge is -2.11. The summed E-state index contributed by atoms with van der Waals surface area (Å²) in [5.74, 6) is 1.70. The smallest absolute Gasteiger partial charge is 0.254 e. The highest BCUT2D eigenvalue weighted by molar-refractivity contribution is 5.93. The summed E-state index contributed by atoms with van der Waals surface area (Å²) in [5.41, 5.74) is 1.54. The van der Waals surface area contributed by atoms with E-state index >= 15 is 0 Å². The molecule has 3 rings (SSSR count). The van der Waals surface area contributed by atoms with Gasteiger partial charge in [-0.25, -0.2) is 9.97 Å². The molecule has 8 heteroatoms. The number of hydrogen-bond donors (Lipinski definition) is 2. The molecule has 0 bridgehead atoms. The van der Waals surface area contributed by atoms with E-state index in [9.17, 15) is 4.79 Å². The number of anilines is 1. The first-order chi connectivity index (χ1) is 13.7. The normalized spacial score (nSPS) is 15.9. The van der Waals surface area contributed by atoms with E-state index in [0.717, 1.165) is 31.4 Å². The molecule has 2 N–H and O–H groups in total. The first-order valence-corrected chi connectivity index (χ1v) is 9.36. The second-order valence-electron chi connectivity index (χ2n) is 6.51. The number of amides is 1. The highest BCUT2D eigenvalue weighted by Crippen LogP contribution is 2.27. The minimum Gasteiger partial charge on any atom is -0.493 e. The highest BCUT2D eigenvalue weighted by atomic mass is 16.5. The molecule has 1 aromatic heterocycles. The predicted molar refractivity (Wildman–Crippen MR) is 105 cm³/mol. The summed E-state index contributed by atoms with van der Waals surface area (Å²) >= 11 is 0. The molecule has 0 saturated carbocycles. The Morgan fingerprint density at radius 1 is 1.21 bits per heavy atom. The fraction of sp³-hybridized carbons (Fsp3) is 0.450. The largest absolute Gasteiger partial charge is 0.493 e. The number of aromatic nitrogens is 2. The Morgan fingerprint density at radius 3 is 2.68 bits per heavy atom. The monoisotopic (exact) mass is 386 g/mol. The van der Waals surface area contributed by atoms with Crippen LogP contribution in [0.4, 0.5) is 5.95 Å². The van der Waals surface area contributed by atoms with Crippen LogP contribution in [-0.2, 0) is 11.2 Å². The third kappa shape index (κ3) is 5.32. The summed E-state index contributed by atoms with van der Waals surface area (Å²) < 4.78 is 16.1. The van der Waals surface area contributed by atoms with Gasteiger partial charge in [0.25, 0.3) is 5.91 Å². The Hall–Kier alpha value is -2.87. The van der Waals surface area contributed by atoms with Gasteiger partial charge < -0.3 is 24.8 Å². The first kappa shape index (κ1) is 19.9. The summed E-state index contributed by atoms with van der Waals surface area (Å²) in [5, 5.41) is 6.01. The average Bonchev–Trinajstić information content (AvgIpc) is 3.26. The van der Waals surface area contributed by atoms with Crippen molar-refractivity contribution >= 4 is 11.9 Å². The molecule has 0 spiro atoms. The lowest BCUT2D eigenvalue weighted by Crippen LogP contribution is -2.31. The van der Waals surface area contributed by atoms with Crippen molar-refractivity contribution in [1.82, 2.24) is 15.3 Å². The third-order valence-corrected chi connectivity index (χ3v) is 4.57. The van der Waals surface area contributed by atoms with E-state index in [4.69, 9.17) is 14.2 Å². The molecule has 8 nitrogen and oxygen atoms in total. The van der Waals surface area contributed by atoms with Crippen molar-refractivity contribution in [2.24, 2.45) is 0 Å². The van der Waals surface area contributed by atoms with Crippen LogP contribution < -0.4 is 20.1 Å². The Balaban J connectivity index is 1.45. The lowest BCUT2D eigenvalue weighted by molar-refractivity contribution is 0.0857. The van der Waals surface area contributed by atoms with Crippen molar-refractivity contribution in [2.45, 2.75) is 25.4 Å². The number of ether oxygens (including phenoxy) is 3. The maximum absolute atomic E-state index is 12.1. The van der Waals surface area contributed by atoms with Crippen molar-refractivity contribution in [3.63, 3.8) is 0 Å². The number of benzene rings is 1. The SMILES string of the molecule is COc1ccc(CCNc2ncc(C(=O)NCC3CCCO3)cn2)cc1OC. The van der Waals surface area contributed by atoms with E-state index in [1.165, 1.54) is 12.4 Å². The number of carbonyl (C=O) groups is 1. The molecular formula is C20H26N4O4. The van der Waals surface area contributed by atoms with E-state index in [0.29, 0.717) is 36.1 Å².